The number of nitriles is 1. The Labute approximate surface area is 152 Å². The van der Waals surface area contributed by atoms with E-state index in [1.807, 2.05) is 0 Å². The van der Waals surface area contributed by atoms with Crippen molar-refractivity contribution < 1.29 is 4.79 Å². The molecule has 4 N–H and O–H groups in total. The van der Waals surface area contributed by atoms with Crippen LogP contribution in [0.5, 0.6) is 0 Å². The summed E-state index contributed by atoms with van der Waals surface area (Å²) in [4.78, 5) is 12.0. The number of nitrogens with two attached hydrogens (primary N) is 2. The van der Waals surface area contributed by atoms with Crippen molar-refractivity contribution in [2.24, 2.45) is 5.73 Å². The van der Waals surface area contributed by atoms with Crippen LogP contribution in [0, 0.1) is 11.3 Å². The van der Waals surface area contributed by atoms with Gasteiger partial charge >= 0.3 is 0 Å². The number of rotatable bonds is 5. The molecular formula is C14H12Cl2N6OS. The van der Waals surface area contributed by atoms with Crippen LogP contribution in [0.4, 0.5) is 0 Å². The summed E-state index contributed by atoms with van der Waals surface area (Å²) in [5.41, 5.74) is 6.15. The standard InChI is InChI=1S/C14H12Cl2N6OS/c1-7(18)10(5-17)12(23)6-24-14-21-20-13(22(14)19)9-3-2-8(15)4-11(9)16/h2-4H,6,18-19H2,1H3/b10-7+. The highest BCUT2D eigenvalue weighted by Crippen LogP contribution is 2.30. The summed E-state index contributed by atoms with van der Waals surface area (Å²) in [6, 6.07) is 6.68. The Kier molecular flexibility index (Phi) is 5.72. The molecule has 0 radical (unpaired) electrons. The second kappa shape index (κ2) is 7.57. The maximum Gasteiger partial charge on any atom is 0.210 e. The number of Topliss-reactive ketones (excluding diaryl/α,β-unsaturated/α-hetero) is 1. The van der Waals surface area contributed by atoms with Gasteiger partial charge in [-0.3, -0.25) is 4.79 Å². The summed E-state index contributed by atoms with van der Waals surface area (Å²) >= 11 is 13.0. The van der Waals surface area contributed by atoms with Gasteiger partial charge < -0.3 is 11.6 Å². The molecule has 0 bridgehead atoms. The van der Waals surface area contributed by atoms with Crippen molar-refractivity contribution in [1.82, 2.24) is 14.9 Å². The molecule has 2 rings (SSSR count). The van der Waals surface area contributed by atoms with E-state index < -0.39 is 5.78 Å². The number of nitrogen functional groups attached to an aromatic ring is 1. The molecule has 0 spiro atoms. The topological polar surface area (TPSA) is 124 Å². The number of ketones is 1. The van der Waals surface area contributed by atoms with Crippen LogP contribution >= 0.6 is 35.0 Å². The van der Waals surface area contributed by atoms with E-state index >= 15 is 0 Å². The van der Waals surface area contributed by atoms with E-state index in [4.69, 9.17) is 40.0 Å². The average Bonchev–Trinajstić information content (AvgIpc) is 2.86. The highest BCUT2D eigenvalue weighted by molar-refractivity contribution is 7.99. The highest BCUT2D eigenvalue weighted by Gasteiger charge is 2.18. The summed E-state index contributed by atoms with van der Waals surface area (Å²) in [7, 11) is 0. The predicted molar refractivity (Wildman–Crippen MR) is 93.9 cm³/mol. The summed E-state index contributed by atoms with van der Waals surface area (Å²) in [5, 5.41) is 18.0. The zero-order chi connectivity index (χ0) is 17.9. The molecule has 1 heterocycles. The molecule has 7 nitrogen and oxygen atoms in total. The number of thioether (sulfide) groups is 1. The molecule has 2 aromatic rings. The Morgan fingerprint density at radius 2 is 2.12 bits per heavy atom. The minimum absolute atomic E-state index is 0.0406. The third kappa shape index (κ3) is 3.82. The van der Waals surface area contributed by atoms with E-state index in [0.29, 0.717) is 26.6 Å². The summed E-state index contributed by atoms with van der Waals surface area (Å²) in [6.45, 7) is 1.49. The van der Waals surface area contributed by atoms with Gasteiger partial charge in [0.25, 0.3) is 0 Å². The SMILES string of the molecule is C/C(N)=C(/C#N)C(=O)CSc1nnc(-c2ccc(Cl)cc2Cl)n1N. The number of nitrogens with zero attached hydrogens (tertiary/aromatic N) is 4. The lowest BCUT2D eigenvalue weighted by Gasteiger charge is -2.05. The number of hydrogen-bond acceptors (Lipinski definition) is 7. The van der Waals surface area contributed by atoms with Crippen molar-refractivity contribution in [3.8, 4) is 17.5 Å². The van der Waals surface area contributed by atoms with E-state index in [0.717, 1.165) is 11.8 Å². The van der Waals surface area contributed by atoms with Crippen molar-refractivity contribution in [2.45, 2.75) is 12.1 Å². The monoisotopic (exact) mass is 382 g/mol. The zero-order valence-corrected chi connectivity index (χ0v) is 14.8. The molecule has 1 aromatic carbocycles. The van der Waals surface area contributed by atoms with E-state index in [-0.39, 0.29) is 17.0 Å². The Morgan fingerprint density at radius 1 is 1.42 bits per heavy atom. The van der Waals surface area contributed by atoms with Gasteiger partial charge in [-0.1, -0.05) is 35.0 Å². The Bertz CT molecular complexity index is 867. The van der Waals surface area contributed by atoms with Gasteiger partial charge in [0.1, 0.15) is 11.6 Å². The molecule has 0 aliphatic rings. The number of carbonyl (C=O) groups is 1. The van der Waals surface area contributed by atoms with Crippen molar-refractivity contribution in [2.75, 3.05) is 11.6 Å². The first kappa shape index (κ1) is 18.1. The van der Waals surface area contributed by atoms with Crippen LogP contribution in [-0.4, -0.2) is 26.4 Å². The summed E-state index contributed by atoms with van der Waals surface area (Å²) < 4.78 is 1.22. The first-order valence-electron chi connectivity index (χ1n) is 6.53. The van der Waals surface area contributed by atoms with Gasteiger partial charge in [0, 0.05) is 16.3 Å². The fourth-order valence-corrected chi connectivity index (χ4v) is 3.02. The average molecular weight is 383 g/mol. The van der Waals surface area contributed by atoms with Crippen LogP contribution in [0.1, 0.15) is 6.92 Å². The quantitative estimate of drug-likeness (QED) is 0.352. The summed E-state index contributed by atoms with van der Waals surface area (Å²) in [5.74, 6) is 5.85. The zero-order valence-electron chi connectivity index (χ0n) is 12.5. The largest absolute Gasteiger partial charge is 0.401 e. The van der Waals surface area contributed by atoms with Crippen LogP contribution in [-0.2, 0) is 4.79 Å². The molecule has 0 fully saturated rings. The smallest absolute Gasteiger partial charge is 0.210 e. The fraction of sp³-hybridized carbons (Fsp3) is 0.143. The van der Waals surface area contributed by atoms with Crippen LogP contribution in [0.2, 0.25) is 10.0 Å². The molecule has 0 saturated heterocycles. The molecule has 0 atom stereocenters. The highest BCUT2D eigenvalue weighted by atomic mass is 35.5. The first-order chi connectivity index (χ1) is 11.3. The van der Waals surface area contributed by atoms with Gasteiger partial charge in [-0.05, 0) is 25.1 Å². The van der Waals surface area contributed by atoms with Crippen molar-refractivity contribution in [1.29, 1.82) is 5.26 Å². The van der Waals surface area contributed by atoms with Gasteiger partial charge in [0.2, 0.25) is 5.16 Å². The first-order valence-corrected chi connectivity index (χ1v) is 8.27. The molecule has 0 amide bonds. The minimum Gasteiger partial charge on any atom is -0.401 e. The number of hydrogen-bond donors (Lipinski definition) is 2. The second-order valence-corrected chi connectivity index (χ2v) is 6.47. The maximum absolute atomic E-state index is 12.0. The van der Waals surface area contributed by atoms with Crippen LogP contribution in [0.15, 0.2) is 34.6 Å². The van der Waals surface area contributed by atoms with Gasteiger partial charge in [0.05, 0.1) is 10.8 Å². The Hall–Kier alpha value is -2.21. The number of carbonyl (C=O) groups excluding carboxylic acids is 1. The number of benzene rings is 1. The molecule has 1 aromatic heterocycles. The minimum atomic E-state index is -0.406. The lowest BCUT2D eigenvalue weighted by atomic mass is 10.2. The lowest BCUT2D eigenvalue weighted by molar-refractivity contribution is -0.112. The fourth-order valence-electron chi connectivity index (χ4n) is 1.80. The summed E-state index contributed by atoms with van der Waals surface area (Å²) in [6.07, 6.45) is 0. The number of allylic oxidation sites excluding steroid dienone is 2. The Balaban J connectivity index is 2.21. The van der Waals surface area contributed by atoms with Crippen LogP contribution < -0.4 is 11.6 Å². The molecule has 124 valence electrons. The van der Waals surface area contributed by atoms with Crippen molar-refractivity contribution >= 4 is 40.7 Å². The van der Waals surface area contributed by atoms with E-state index in [1.54, 1.807) is 24.3 Å². The van der Waals surface area contributed by atoms with Crippen molar-refractivity contribution in [3.63, 3.8) is 0 Å². The molecule has 0 aliphatic heterocycles. The van der Waals surface area contributed by atoms with E-state index in [1.165, 1.54) is 11.6 Å². The van der Waals surface area contributed by atoms with Gasteiger partial charge in [-0.2, -0.15) is 5.26 Å². The van der Waals surface area contributed by atoms with Crippen molar-refractivity contribution in [3.05, 3.63) is 39.5 Å². The molecule has 0 unspecified atom stereocenters. The van der Waals surface area contributed by atoms with Crippen LogP contribution in [0.25, 0.3) is 11.4 Å². The molecule has 0 aliphatic carbocycles. The third-order valence-corrected chi connectivity index (χ3v) is 4.44. The van der Waals surface area contributed by atoms with Gasteiger partial charge in [-0.15, -0.1) is 10.2 Å². The third-order valence-electron chi connectivity index (χ3n) is 2.95. The van der Waals surface area contributed by atoms with Crippen LogP contribution in [0.3, 0.4) is 0 Å². The molecule has 10 heteroatoms. The van der Waals surface area contributed by atoms with Gasteiger partial charge in [-0.25, -0.2) is 4.68 Å². The predicted octanol–water partition coefficient (Wildman–Crippen LogP) is 2.38. The lowest BCUT2D eigenvalue weighted by Crippen LogP contribution is -2.14. The normalized spacial score (nSPS) is 11.8. The Morgan fingerprint density at radius 3 is 2.71 bits per heavy atom. The molecule has 0 saturated carbocycles. The van der Waals surface area contributed by atoms with Gasteiger partial charge in [0.15, 0.2) is 11.6 Å². The second-order valence-electron chi connectivity index (χ2n) is 4.68. The molecular weight excluding hydrogens is 371 g/mol. The molecule has 24 heavy (non-hydrogen) atoms. The van der Waals surface area contributed by atoms with E-state index in [2.05, 4.69) is 10.2 Å². The van der Waals surface area contributed by atoms with E-state index in [9.17, 15) is 4.79 Å². The number of halogens is 2. The number of aromatic nitrogens is 3. The maximum atomic E-state index is 12.0.